The largest absolute Gasteiger partial charge is 0.496 e. The molecule has 1 aliphatic heterocycles. The van der Waals surface area contributed by atoms with Crippen molar-refractivity contribution in [1.82, 2.24) is 0 Å². The first kappa shape index (κ1) is 17.8. The first-order valence-electron chi connectivity index (χ1n) is 7.51. The van der Waals surface area contributed by atoms with E-state index in [-0.39, 0.29) is 11.5 Å². The molecule has 0 saturated carbocycles. The molecule has 1 aromatic carbocycles. The maximum Gasteiger partial charge on any atom is 0.212 e. The molecule has 0 radical (unpaired) electrons. The number of nitrogens with zero attached hydrogens (tertiary/aromatic N) is 1. The van der Waals surface area contributed by atoms with Gasteiger partial charge in [-0.1, -0.05) is 26.8 Å². The summed E-state index contributed by atoms with van der Waals surface area (Å²) < 4.78 is 25.6. The lowest BCUT2D eigenvalue weighted by Crippen LogP contribution is -2.42. The number of fused-ring (bicyclic) bond motifs is 1. The van der Waals surface area contributed by atoms with Gasteiger partial charge in [-0.3, -0.25) is 10.1 Å². The number of hydrogen-bond acceptors (Lipinski definition) is 5. The maximum absolute atomic E-state index is 14.2. The van der Waals surface area contributed by atoms with Gasteiger partial charge in [-0.2, -0.15) is 0 Å². The van der Waals surface area contributed by atoms with Crippen LogP contribution in [0.1, 0.15) is 34.6 Å². The zero-order valence-corrected chi connectivity index (χ0v) is 15.3. The Morgan fingerprint density at radius 1 is 1.30 bits per heavy atom. The Labute approximate surface area is 136 Å². The third-order valence-electron chi connectivity index (χ3n) is 4.28. The first-order chi connectivity index (χ1) is 10.4. The maximum atomic E-state index is 14.2. The van der Waals surface area contributed by atoms with E-state index in [1.54, 1.807) is 32.0 Å². The number of ether oxygens (including phenoxy) is 2. The molecule has 0 saturated heterocycles. The molecule has 1 aliphatic rings. The molecule has 0 spiro atoms. The van der Waals surface area contributed by atoms with Crippen molar-refractivity contribution in [3.63, 3.8) is 0 Å². The van der Waals surface area contributed by atoms with Crippen LogP contribution in [0.15, 0.2) is 18.2 Å². The van der Waals surface area contributed by atoms with E-state index in [0.29, 0.717) is 16.8 Å². The van der Waals surface area contributed by atoms with Crippen molar-refractivity contribution < 1.29 is 19.0 Å². The topological polar surface area (TPSA) is 78.7 Å². The summed E-state index contributed by atoms with van der Waals surface area (Å²) in [6, 6.07) is 5.27. The van der Waals surface area contributed by atoms with Crippen molar-refractivity contribution in [1.29, 1.82) is 0 Å². The fourth-order valence-corrected chi connectivity index (χ4v) is 7.04. The Morgan fingerprint density at radius 2 is 1.91 bits per heavy atom. The van der Waals surface area contributed by atoms with E-state index in [1.807, 2.05) is 20.8 Å². The Morgan fingerprint density at radius 3 is 2.39 bits per heavy atom. The first-order valence-corrected chi connectivity index (χ1v) is 9.28. The molecule has 128 valence electrons. The second-order valence-electron chi connectivity index (χ2n) is 7.59. The molecule has 6 nitrogen and oxygen atoms in total. The third-order valence-corrected chi connectivity index (χ3v) is 8.85. The molecule has 7 heteroatoms. The van der Waals surface area contributed by atoms with Crippen molar-refractivity contribution in [3.8, 4) is 11.5 Å². The molecule has 1 aromatic rings. The van der Waals surface area contributed by atoms with Crippen LogP contribution in [0.5, 0.6) is 11.5 Å². The third kappa shape index (κ3) is 2.74. The summed E-state index contributed by atoms with van der Waals surface area (Å²) in [5, 5.41) is 11.0. The quantitative estimate of drug-likeness (QED) is 0.476. The van der Waals surface area contributed by atoms with Gasteiger partial charge in [0.25, 0.3) is 0 Å². The lowest BCUT2D eigenvalue weighted by molar-refractivity contribution is -0.497. The van der Waals surface area contributed by atoms with Gasteiger partial charge in [0.05, 0.1) is 17.8 Å². The fourth-order valence-electron chi connectivity index (χ4n) is 3.15. The monoisotopic (exact) mass is 341 g/mol. The minimum absolute atomic E-state index is 0.311. The normalized spacial score (nSPS) is 24.0. The predicted octanol–water partition coefficient (Wildman–Crippen LogP) is 3.50. The summed E-state index contributed by atoms with van der Waals surface area (Å²) in [5.74, 6) is 0.260. The van der Waals surface area contributed by atoms with E-state index < -0.39 is 23.6 Å². The number of benzene rings is 1. The predicted molar refractivity (Wildman–Crippen MR) is 90.0 cm³/mol. The van der Waals surface area contributed by atoms with E-state index in [0.717, 1.165) is 0 Å². The van der Waals surface area contributed by atoms with Crippen molar-refractivity contribution in [2.75, 3.05) is 13.7 Å². The summed E-state index contributed by atoms with van der Waals surface area (Å²) in [4.78, 5) is 10.7. The van der Waals surface area contributed by atoms with Gasteiger partial charge >= 0.3 is 0 Å². The number of nitro groups is 1. The Bertz CT molecular complexity index is 678. The van der Waals surface area contributed by atoms with Crippen LogP contribution < -0.4 is 14.8 Å². The Kier molecular flexibility index (Phi) is 4.27. The molecule has 0 fully saturated rings. The summed E-state index contributed by atoms with van der Waals surface area (Å²) in [6.07, 6.45) is 0. The van der Waals surface area contributed by atoms with Gasteiger partial charge in [0.1, 0.15) is 11.5 Å². The van der Waals surface area contributed by atoms with Gasteiger partial charge in [-0.05, 0) is 26.0 Å². The summed E-state index contributed by atoms with van der Waals surface area (Å²) >= 11 is 0. The second kappa shape index (κ2) is 5.52. The van der Waals surface area contributed by atoms with Crippen LogP contribution in [-0.4, -0.2) is 29.6 Å². The molecule has 0 unspecified atom stereocenters. The van der Waals surface area contributed by atoms with Crippen LogP contribution in [0, 0.1) is 15.5 Å². The van der Waals surface area contributed by atoms with E-state index in [1.165, 1.54) is 7.11 Å². The molecular formula is C16H24NO5P. The van der Waals surface area contributed by atoms with E-state index in [4.69, 9.17) is 9.47 Å². The minimum atomic E-state index is -3.14. The standard InChI is InChI=1S/C16H24NO5P/c1-15(2,3)23(20)13-11(21-6)8-7-9-12(13)22-14(23)16(4,5)10-17(18)19/h7-9,14H,10H2,1-6H3/t14-,23+/m0/s1. The minimum Gasteiger partial charge on any atom is -0.496 e. The molecule has 2 rings (SSSR count). The molecular weight excluding hydrogens is 317 g/mol. The van der Waals surface area contributed by atoms with Gasteiger partial charge < -0.3 is 14.0 Å². The molecule has 1 heterocycles. The summed E-state index contributed by atoms with van der Waals surface area (Å²) in [7, 11) is -1.61. The summed E-state index contributed by atoms with van der Waals surface area (Å²) in [6.45, 7) is 8.80. The SMILES string of the molecule is COc1cccc2c1[P@](=O)(C(C)(C)C)[C@@H](C(C)(C)C[N+](=O)[O-])O2. The Hall–Kier alpha value is -1.55. The van der Waals surface area contributed by atoms with Crippen molar-refractivity contribution >= 4 is 12.4 Å². The zero-order valence-electron chi connectivity index (χ0n) is 14.5. The van der Waals surface area contributed by atoms with E-state index in [2.05, 4.69) is 0 Å². The second-order valence-corrected chi connectivity index (χ2v) is 11.2. The molecule has 0 N–H and O–H groups in total. The lowest BCUT2D eigenvalue weighted by atomic mass is 9.94. The molecule has 2 atom stereocenters. The van der Waals surface area contributed by atoms with Crippen molar-refractivity contribution in [2.45, 2.75) is 45.6 Å². The molecule has 0 bridgehead atoms. The molecule has 0 aliphatic carbocycles. The fraction of sp³-hybridized carbons (Fsp3) is 0.625. The van der Waals surface area contributed by atoms with Crippen LogP contribution in [0.3, 0.4) is 0 Å². The number of methoxy groups -OCH3 is 1. The van der Waals surface area contributed by atoms with Gasteiger partial charge in [0.15, 0.2) is 13.0 Å². The van der Waals surface area contributed by atoms with E-state index >= 15 is 0 Å². The van der Waals surface area contributed by atoms with Crippen LogP contribution in [0.2, 0.25) is 0 Å². The van der Waals surface area contributed by atoms with Crippen molar-refractivity contribution in [3.05, 3.63) is 28.3 Å². The van der Waals surface area contributed by atoms with Gasteiger partial charge in [0, 0.05) is 10.1 Å². The lowest BCUT2D eigenvalue weighted by Gasteiger charge is -2.38. The smallest absolute Gasteiger partial charge is 0.212 e. The highest BCUT2D eigenvalue weighted by atomic mass is 31.2. The molecule has 23 heavy (non-hydrogen) atoms. The van der Waals surface area contributed by atoms with E-state index in [9.17, 15) is 14.7 Å². The van der Waals surface area contributed by atoms with Gasteiger partial charge in [0.2, 0.25) is 6.54 Å². The average molecular weight is 341 g/mol. The van der Waals surface area contributed by atoms with Crippen LogP contribution >= 0.6 is 7.14 Å². The van der Waals surface area contributed by atoms with Crippen LogP contribution in [0.4, 0.5) is 0 Å². The van der Waals surface area contributed by atoms with Crippen LogP contribution in [0.25, 0.3) is 0 Å². The zero-order chi connectivity index (χ0) is 17.6. The highest BCUT2D eigenvalue weighted by molar-refractivity contribution is 7.74. The van der Waals surface area contributed by atoms with Gasteiger partial charge in [-0.25, -0.2) is 0 Å². The number of rotatable bonds is 4. The average Bonchev–Trinajstić information content (AvgIpc) is 2.72. The highest BCUT2D eigenvalue weighted by Gasteiger charge is 2.60. The Balaban J connectivity index is 2.69. The number of hydrogen-bond donors (Lipinski definition) is 0. The highest BCUT2D eigenvalue weighted by Crippen LogP contribution is 2.70. The van der Waals surface area contributed by atoms with Crippen molar-refractivity contribution in [2.24, 2.45) is 5.41 Å². The van der Waals surface area contributed by atoms with Crippen LogP contribution in [-0.2, 0) is 4.57 Å². The molecule has 0 amide bonds. The van der Waals surface area contributed by atoms with Gasteiger partial charge in [-0.15, -0.1) is 0 Å². The summed E-state index contributed by atoms with van der Waals surface area (Å²) in [5.41, 5.74) is -0.879. The molecule has 0 aromatic heterocycles.